The maximum atomic E-state index is 11.7. The molecule has 22 heavy (non-hydrogen) atoms. The van der Waals surface area contributed by atoms with E-state index in [0.717, 1.165) is 29.3 Å². The van der Waals surface area contributed by atoms with Gasteiger partial charge in [-0.05, 0) is 64.7 Å². The van der Waals surface area contributed by atoms with Crippen molar-refractivity contribution in [1.29, 1.82) is 0 Å². The topological polar surface area (TPSA) is 55.2 Å². The van der Waals surface area contributed by atoms with Crippen molar-refractivity contribution in [2.45, 2.75) is 12.8 Å². The predicted molar refractivity (Wildman–Crippen MR) is 88.3 cm³/mol. The Morgan fingerprint density at radius 1 is 1.32 bits per heavy atom. The number of aryl methyl sites for hydroxylation is 1. The molecule has 0 aliphatic rings. The number of H-pyrrole nitrogens is 1. The standard InChI is InChI=1S/C16H13BrClNO3/c17-15-6-5-14(22-15)16(20)21-7-1-2-10-9-19-13-4-3-11(18)8-12(10)13/h3-6,8-9,19H,1-2,7H2. The van der Waals surface area contributed by atoms with Crippen molar-refractivity contribution in [3.8, 4) is 0 Å². The summed E-state index contributed by atoms with van der Waals surface area (Å²) in [5.74, 6) is -0.251. The van der Waals surface area contributed by atoms with Crippen LogP contribution >= 0.6 is 27.5 Å². The summed E-state index contributed by atoms with van der Waals surface area (Å²) in [6.45, 7) is 0.338. The molecule has 2 aromatic heterocycles. The molecule has 2 heterocycles. The fourth-order valence-electron chi connectivity index (χ4n) is 2.28. The largest absolute Gasteiger partial charge is 0.460 e. The van der Waals surface area contributed by atoms with Crippen LogP contribution in [-0.2, 0) is 11.2 Å². The van der Waals surface area contributed by atoms with Crippen molar-refractivity contribution < 1.29 is 13.9 Å². The van der Waals surface area contributed by atoms with Gasteiger partial charge in [-0.25, -0.2) is 4.79 Å². The molecule has 114 valence electrons. The minimum atomic E-state index is -0.451. The Morgan fingerprint density at radius 3 is 2.95 bits per heavy atom. The molecule has 0 fully saturated rings. The number of hydrogen-bond donors (Lipinski definition) is 1. The third-order valence-electron chi connectivity index (χ3n) is 3.33. The number of benzene rings is 1. The van der Waals surface area contributed by atoms with Crippen LogP contribution in [0.4, 0.5) is 0 Å². The van der Waals surface area contributed by atoms with E-state index in [1.165, 1.54) is 0 Å². The number of aromatic nitrogens is 1. The fourth-order valence-corrected chi connectivity index (χ4v) is 2.76. The first-order valence-electron chi connectivity index (χ1n) is 6.81. The Labute approximate surface area is 140 Å². The third kappa shape index (κ3) is 3.36. The average molecular weight is 383 g/mol. The normalized spacial score (nSPS) is 11.0. The van der Waals surface area contributed by atoms with Crippen molar-refractivity contribution in [3.05, 3.63) is 57.5 Å². The van der Waals surface area contributed by atoms with Gasteiger partial charge >= 0.3 is 5.97 Å². The zero-order valence-corrected chi connectivity index (χ0v) is 13.9. The van der Waals surface area contributed by atoms with Gasteiger partial charge in [0, 0.05) is 22.1 Å². The highest BCUT2D eigenvalue weighted by Gasteiger charge is 2.12. The lowest BCUT2D eigenvalue weighted by molar-refractivity contribution is 0.0463. The van der Waals surface area contributed by atoms with E-state index >= 15 is 0 Å². The van der Waals surface area contributed by atoms with Crippen LogP contribution in [0.2, 0.25) is 5.02 Å². The van der Waals surface area contributed by atoms with Crippen molar-refractivity contribution >= 4 is 44.4 Å². The summed E-state index contributed by atoms with van der Waals surface area (Å²) in [6, 6.07) is 8.98. The molecular weight excluding hydrogens is 370 g/mol. The van der Waals surface area contributed by atoms with Gasteiger partial charge in [0.2, 0.25) is 5.76 Å². The van der Waals surface area contributed by atoms with Crippen LogP contribution in [0, 0.1) is 0 Å². The van der Waals surface area contributed by atoms with E-state index < -0.39 is 5.97 Å². The van der Waals surface area contributed by atoms with Crippen LogP contribution in [0.3, 0.4) is 0 Å². The molecule has 1 aromatic carbocycles. The van der Waals surface area contributed by atoms with Crippen LogP contribution in [0.25, 0.3) is 10.9 Å². The number of esters is 1. The number of aromatic amines is 1. The average Bonchev–Trinajstić information content (AvgIpc) is 3.10. The quantitative estimate of drug-likeness (QED) is 0.501. The molecule has 0 amide bonds. The van der Waals surface area contributed by atoms with Gasteiger partial charge in [0.05, 0.1) is 6.61 Å². The van der Waals surface area contributed by atoms with Crippen LogP contribution < -0.4 is 0 Å². The number of ether oxygens (including phenoxy) is 1. The third-order valence-corrected chi connectivity index (χ3v) is 3.99. The number of rotatable bonds is 5. The van der Waals surface area contributed by atoms with Crippen molar-refractivity contribution in [2.24, 2.45) is 0 Å². The van der Waals surface area contributed by atoms with E-state index in [-0.39, 0.29) is 5.76 Å². The number of furan rings is 1. The number of nitrogens with one attached hydrogen (secondary N) is 1. The summed E-state index contributed by atoms with van der Waals surface area (Å²) in [6.07, 6.45) is 3.50. The first kappa shape index (κ1) is 15.2. The lowest BCUT2D eigenvalue weighted by Crippen LogP contribution is -2.05. The molecule has 0 saturated carbocycles. The summed E-state index contributed by atoms with van der Waals surface area (Å²) in [5, 5.41) is 1.82. The molecule has 0 saturated heterocycles. The number of halogens is 2. The fraction of sp³-hybridized carbons (Fsp3) is 0.188. The van der Waals surface area contributed by atoms with Gasteiger partial charge in [-0.15, -0.1) is 0 Å². The van der Waals surface area contributed by atoms with Gasteiger partial charge in [-0.2, -0.15) is 0 Å². The van der Waals surface area contributed by atoms with Crippen molar-refractivity contribution in [1.82, 2.24) is 4.98 Å². The van der Waals surface area contributed by atoms with Gasteiger partial charge in [-0.3, -0.25) is 0 Å². The number of fused-ring (bicyclic) bond motifs is 1. The Bertz CT molecular complexity index is 809. The summed E-state index contributed by atoms with van der Waals surface area (Å²) in [7, 11) is 0. The number of carbonyl (C=O) groups is 1. The summed E-state index contributed by atoms with van der Waals surface area (Å²) in [4.78, 5) is 14.9. The SMILES string of the molecule is O=C(OCCCc1c[nH]c2ccc(Cl)cc12)c1ccc(Br)o1. The molecule has 0 aliphatic carbocycles. The molecule has 0 unspecified atom stereocenters. The molecule has 6 heteroatoms. The van der Waals surface area contributed by atoms with Gasteiger partial charge in [0.25, 0.3) is 0 Å². The molecule has 0 spiro atoms. The molecule has 1 N–H and O–H groups in total. The molecule has 0 radical (unpaired) electrons. The van der Waals surface area contributed by atoms with Crippen LogP contribution in [-0.4, -0.2) is 17.6 Å². The van der Waals surface area contributed by atoms with Crippen molar-refractivity contribution in [3.63, 3.8) is 0 Å². The summed E-state index contributed by atoms with van der Waals surface area (Å²) in [5.41, 5.74) is 2.21. The van der Waals surface area contributed by atoms with Crippen LogP contribution in [0.5, 0.6) is 0 Å². The van der Waals surface area contributed by atoms with E-state index in [0.29, 0.717) is 16.3 Å². The second-order valence-corrected chi connectivity index (χ2v) is 6.07. The van der Waals surface area contributed by atoms with E-state index in [1.807, 2.05) is 24.4 Å². The minimum absolute atomic E-state index is 0.200. The minimum Gasteiger partial charge on any atom is -0.460 e. The maximum Gasteiger partial charge on any atom is 0.374 e. The lowest BCUT2D eigenvalue weighted by Gasteiger charge is -2.03. The molecule has 3 aromatic rings. The van der Waals surface area contributed by atoms with Crippen LogP contribution in [0.15, 0.2) is 45.6 Å². The Balaban J connectivity index is 1.54. The summed E-state index contributed by atoms with van der Waals surface area (Å²) < 4.78 is 10.8. The van der Waals surface area contributed by atoms with Gasteiger partial charge in [0.15, 0.2) is 4.67 Å². The zero-order chi connectivity index (χ0) is 15.5. The number of carbonyl (C=O) groups excluding carboxylic acids is 1. The zero-order valence-electron chi connectivity index (χ0n) is 11.6. The van der Waals surface area contributed by atoms with Crippen molar-refractivity contribution in [2.75, 3.05) is 6.61 Å². The first-order chi connectivity index (χ1) is 10.6. The second-order valence-electron chi connectivity index (χ2n) is 4.85. The van der Waals surface area contributed by atoms with Gasteiger partial charge in [-0.1, -0.05) is 11.6 Å². The first-order valence-corrected chi connectivity index (χ1v) is 7.98. The molecule has 0 bridgehead atoms. The van der Waals surface area contributed by atoms with E-state index in [2.05, 4.69) is 20.9 Å². The highest BCUT2D eigenvalue weighted by Crippen LogP contribution is 2.23. The second kappa shape index (κ2) is 6.58. The monoisotopic (exact) mass is 381 g/mol. The molecule has 0 atom stereocenters. The van der Waals surface area contributed by atoms with Gasteiger partial charge < -0.3 is 14.1 Å². The highest BCUT2D eigenvalue weighted by atomic mass is 79.9. The Hall–Kier alpha value is -1.72. The smallest absolute Gasteiger partial charge is 0.374 e. The molecule has 3 rings (SSSR count). The molecule has 4 nitrogen and oxygen atoms in total. The number of hydrogen-bond acceptors (Lipinski definition) is 3. The summed E-state index contributed by atoms with van der Waals surface area (Å²) >= 11 is 9.17. The van der Waals surface area contributed by atoms with E-state index in [4.69, 9.17) is 20.8 Å². The molecule has 0 aliphatic heterocycles. The van der Waals surface area contributed by atoms with Gasteiger partial charge in [0.1, 0.15) is 0 Å². The van der Waals surface area contributed by atoms with E-state index in [1.54, 1.807) is 12.1 Å². The van der Waals surface area contributed by atoms with E-state index in [9.17, 15) is 4.79 Å². The van der Waals surface area contributed by atoms with Crippen LogP contribution in [0.1, 0.15) is 22.5 Å². The lowest BCUT2D eigenvalue weighted by atomic mass is 10.1. The predicted octanol–water partition coefficient (Wildman–Crippen LogP) is 4.97. The molecular formula is C16H13BrClNO3. The maximum absolute atomic E-state index is 11.7. The highest BCUT2D eigenvalue weighted by molar-refractivity contribution is 9.10. The Kier molecular flexibility index (Phi) is 4.55. The Morgan fingerprint density at radius 2 is 2.18 bits per heavy atom.